The van der Waals surface area contributed by atoms with Gasteiger partial charge in [-0.2, -0.15) is 0 Å². The highest BCUT2D eigenvalue weighted by Crippen LogP contribution is 2.23. The maximum absolute atomic E-state index is 4.73. The lowest BCUT2D eigenvalue weighted by molar-refractivity contribution is 0.263. The van der Waals surface area contributed by atoms with Gasteiger partial charge in [-0.05, 0) is 48.2 Å². The third kappa shape index (κ3) is 5.06. The minimum Gasteiger partial charge on any atom is -0.357 e. The van der Waals surface area contributed by atoms with Gasteiger partial charge in [0.25, 0.3) is 0 Å². The predicted molar refractivity (Wildman–Crippen MR) is 105 cm³/mol. The molecule has 3 heterocycles. The van der Waals surface area contributed by atoms with Crippen molar-refractivity contribution in [3.05, 3.63) is 44.3 Å². The molecule has 0 atom stereocenters. The highest BCUT2D eigenvalue weighted by Gasteiger charge is 2.16. The largest absolute Gasteiger partial charge is 0.357 e. The van der Waals surface area contributed by atoms with E-state index >= 15 is 0 Å². The molecule has 0 amide bonds. The summed E-state index contributed by atoms with van der Waals surface area (Å²) in [4.78, 5) is 10.2. The number of guanidine groups is 1. The Bertz CT molecular complexity index is 633. The Morgan fingerprint density at radius 1 is 1.25 bits per heavy atom. The quantitative estimate of drug-likeness (QED) is 0.588. The third-order valence-corrected chi connectivity index (χ3v) is 6.12. The topological polar surface area (TPSA) is 39.7 Å². The molecule has 24 heavy (non-hydrogen) atoms. The van der Waals surface area contributed by atoms with E-state index in [4.69, 9.17) is 4.99 Å². The SMILES string of the molecule is CCNC(=NCCN1CCc2sccc2C1)NCCc1cccs1. The number of hydrogen-bond acceptors (Lipinski definition) is 4. The van der Waals surface area contributed by atoms with E-state index < -0.39 is 0 Å². The minimum absolute atomic E-state index is 0.841. The minimum atomic E-state index is 0.841. The number of fused-ring (bicyclic) bond motifs is 1. The van der Waals surface area contributed by atoms with Gasteiger partial charge in [0.1, 0.15) is 0 Å². The lowest BCUT2D eigenvalue weighted by Crippen LogP contribution is -2.39. The average molecular weight is 363 g/mol. The van der Waals surface area contributed by atoms with Gasteiger partial charge in [0.05, 0.1) is 6.54 Å². The summed E-state index contributed by atoms with van der Waals surface area (Å²) in [6.45, 7) is 8.03. The molecule has 2 N–H and O–H groups in total. The number of rotatable bonds is 7. The predicted octanol–water partition coefficient (Wildman–Crippen LogP) is 2.97. The van der Waals surface area contributed by atoms with E-state index in [1.54, 1.807) is 4.88 Å². The Balaban J connectivity index is 1.42. The summed E-state index contributed by atoms with van der Waals surface area (Å²) >= 11 is 3.71. The molecule has 0 unspecified atom stereocenters. The smallest absolute Gasteiger partial charge is 0.191 e. The highest BCUT2D eigenvalue weighted by atomic mass is 32.1. The summed E-state index contributed by atoms with van der Waals surface area (Å²) in [5.74, 6) is 0.933. The standard InChI is InChI=1S/C18H26N4S2/c1-2-19-18(20-8-5-16-4-3-12-23-16)21-9-11-22-10-6-17-15(14-22)7-13-24-17/h3-4,7,12-13H,2,5-6,8-11,14H2,1H3,(H2,19,20,21). The van der Waals surface area contributed by atoms with E-state index in [1.807, 2.05) is 22.7 Å². The van der Waals surface area contributed by atoms with Gasteiger partial charge in [-0.1, -0.05) is 6.07 Å². The zero-order chi connectivity index (χ0) is 16.6. The van der Waals surface area contributed by atoms with Crippen LogP contribution in [0.25, 0.3) is 0 Å². The van der Waals surface area contributed by atoms with Crippen LogP contribution in [-0.2, 0) is 19.4 Å². The summed E-state index contributed by atoms with van der Waals surface area (Å²) in [6.07, 6.45) is 2.24. The molecule has 130 valence electrons. The molecular weight excluding hydrogens is 336 g/mol. The molecule has 0 fully saturated rings. The molecule has 0 bridgehead atoms. The van der Waals surface area contributed by atoms with E-state index in [2.05, 4.69) is 51.4 Å². The van der Waals surface area contributed by atoms with Crippen molar-refractivity contribution in [3.63, 3.8) is 0 Å². The van der Waals surface area contributed by atoms with Crippen LogP contribution in [0.4, 0.5) is 0 Å². The molecule has 6 heteroatoms. The maximum atomic E-state index is 4.73. The Morgan fingerprint density at radius 2 is 2.21 bits per heavy atom. The van der Waals surface area contributed by atoms with Crippen LogP contribution >= 0.6 is 22.7 Å². The molecule has 0 aromatic carbocycles. The van der Waals surface area contributed by atoms with Gasteiger partial charge in [0.2, 0.25) is 0 Å². The molecule has 1 aliphatic heterocycles. The molecule has 3 rings (SSSR count). The Hall–Kier alpha value is -1.37. The van der Waals surface area contributed by atoms with E-state index in [0.29, 0.717) is 0 Å². The zero-order valence-corrected chi connectivity index (χ0v) is 15.9. The van der Waals surface area contributed by atoms with Crippen molar-refractivity contribution in [2.45, 2.75) is 26.3 Å². The summed E-state index contributed by atoms with van der Waals surface area (Å²) < 4.78 is 0. The first-order valence-electron chi connectivity index (χ1n) is 8.67. The summed E-state index contributed by atoms with van der Waals surface area (Å²) in [7, 11) is 0. The van der Waals surface area contributed by atoms with Crippen molar-refractivity contribution >= 4 is 28.6 Å². The summed E-state index contributed by atoms with van der Waals surface area (Å²) in [5, 5.41) is 11.1. The van der Waals surface area contributed by atoms with Crippen molar-refractivity contribution < 1.29 is 0 Å². The van der Waals surface area contributed by atoms with Crippen LogP contribution < -0.4 is 10.6 Å². The molecule has 0 saturated heterocycles. The average Bonchev–Trinajstić information content (AvgIpc) is 3.25. The van der Waals surface area contributed by atoms with Gasteiger partial charge in [0.15, 0.2) is 5.96 Å². The fourth-order valence-corrected chi connectivity index (χ4v) is 4.50. The molecule has 1 aliphatic rings. The zero-order valence-electron chi connectivity index (χ0n) is 14.3. The Morgan fingerprint density at radius 3 is 3.04 bits per heavy atom. The van der Waals surface area contributed by atoms with E-state index in [0.717, 1.165) is 51.6 Å². The second-order valence-electron chi connectivity index (χ2n) is 5.91. The molecule has 2 aromatic rings. The number of nitrogens with one attached hydrogen (secondary N) is 2. The first-order valence-corrected chi connectivity index (χ1v) is 10.4. The molecule has 4 nitrogen and oxygen atoms in total. The Kier molecular flexibility index (Phi) is 6.69. The summed E-state index contributed by atoms with van der Waals surface area (Å²) in [6, 6.07) is 6.56. The molecule has 0 aliphatic carbocycles. The lowest BCUT2D eigenvalue weighted by atomic mass is 10.1. The Labute approximate surface area is 152 Å². The second-order valence-corrected chi connectivity index (χ2v) is 7.94. The van der Waals surface area contributed by atoms with Crippen LogP contribution in [0.1, 0.15) is 22.2 Å². The van der Waals surface area contributed by atoms with Gasteiger partial charge in [-0.3, -0.25) is 9.89 Å². The second kappa shape index (κ2) is 9.20. The monoisotopic (exact) mass is 362 g/mol. The van der Waals surface area contributed by atoms with Gasteiger partial charge >= 0.3 is 0 Å². The number of thiophene rings is 2. The molecule has 0 radical (unpaired) electrons. The summed E-state index contributed by atoms with van der Waals surface area (Å²) in [5.41, 5.74) is 1.51. The maximum Gasteiger partial charge on any atom is 0.191 e. The van der Waals surface area contributed by atoms with Crippen molar-refractivity contribution in [1.29, 1.82) is 0 Å². The van der Waals surface area contributed by atoms with Crippen LogP contribution in [0.15, 0.2) is 34.0 Å². The van der Waals surface area contributed by atoms with Crippen molar-refractivity contribution in [2.24, 2.45) is 4.99 Å². The molecule has 2 aromatic heterocycles. The molecular formula is C18H26N4S2. The van der Waals surface area contributed by atoms with Crippen molar-refractivity contribution in [1.82, 2.24) is 15.5 Å². The number of nitrogens with zero attached hydrogens (tertiary/aromatic N) is 2. The van der Waals surface area contributed by atoms with Crippen LogP contribution in [0.5, 0.6) is 0 Å². The third-order valence-electron chi connectivity index (χ3n) is 4.16. The molecule has 0 saturated carbocycles. The van der Waals surface area contributed by atoms with Gasteiger partial charge < -0.3 is 10.6 Å². The van der Waals surface area contributed by atoms with Gasteiger partial charge in [0, 0.05) is 42.5 Å². The number of aliphatic imine (C=N–C) groups is 1. The fourth-order valence-electron chi connectivity index (χ4n) is 2.90. The molecule has 0 spiro atoms. The van der Waals surface area contributed by atoms with Crippen LogP contribution in [0, 0.1) is 0 Å². The van der Waals surface area contributed by atoms with Crippen LogP contribution in [-0.4, -0.2) is 43.6 Å². The van der Waals surface area contributed by atoms with E-state index in [1.165, 1.54) is 16.9 Å². The van der Waals surface area contributed by atoms with Gasteiger partial charge in [-0.15, -0.1) is 22.7 Å². The van der Waals surface area contributed by atoms with Crippen molar-refractivity contribution in [3.8, 4) is 0 Å². The highest BCUT2D eigenvalue weighted by molar-refractivity contribution is 7.10. The fraction of sp³-hybridized carbons (Fsp3) is 0.500. The van der Waals surface area contributed by atoms with Crippen molar-refractivity contribution in [2.75, 3.05) is 32.7 Å². The lowest BCUT2D eigenvalue weighted by Gasteiger charge is -2.26. The number of hydrogen-bond donors (Lipinski definition) is 2. The van der Waals surface area contributed by atoms with E-state index in [-0.39, 0.29) is 0 Å². The van der Waals surface area contributed by atoms with Gasteiger partial charge in [-0.25, -0.2) is 0 Å². The van der Waals surface area contributed by atoms with Crippen LogP contribution in [0.3, 0.4) is 0 Å². The van der Waals surface area contributed by atoms with Crippen LogP contribution in [0.2, 0.25) is 0 Å². The normalized spacial score (nSPS) is 15.3. The first kappa shape index (κ1) is 17.5. The van der Waals surface area contributed by atoms with E-state index in [9.17, 15) is 0 Å². The first-order chi connectivity index (χ1) is 11.8.